The lowest BCUT2D eigenvalue weighted by atomic mass is 10.1. The van der Waals surface area contributed by atoms with Crippen molar-refractivity contribution in [1.29, 1.82) is 0 Å². The molecule has 22 heavy (non-hydrogen) atoms. The highest BCUT2D eigenvalue weighted by atomic mass is 16.4. The maximum Gasteiger partial charge on any atom is 0.309 e. The van der Waals surface area contributed by atoms with Crippen molar-refractivity contribution >= 4 is 23.8 Å². The van der Waals surface area contributed by atoms with Crippen LogP contribution in [0.2, 0.25) is 0 Å². The fourth-order valence-corrected chi connectivity index (χ4v) is 2.45. The van der Waals surface area contributed by atoms with Gasteiger partial charge in [0, 0.05) is 6.20 Å². The monoisotopic (exact) mass is 292 g/mol. The number of hydrogen-bond acceptors (Lipinski definition) is 2. The van der Waals surface area contributed by atoms with Crippen LogP contribution in [0.25, 0.3) is 17.8 Å². The molecule has 0 bridgehead atoms. The Morgan fingerprint density at radius 1 is 1.18 bits per heavy atom. The Bertz CT molecular complexity index is 848. The summed E-state index contributed by atoms with van der Waals surface area (Å²) in [5.74, 6) is -0.849. The Kier molecular flexibility index (Phi) is 3.74. The van der Waals surface area contributed by atoms with Gasteiger partial charge in [-0.25, -0.2) is 4.98 Å². The van der Waals surface area contributed by atoms with E-state index in [9.17, 15) is 4.79 Å². The lowest BCUT2D eigenvalue weighted by molar-refractivity contribution is -0.136. The number of imidazole rings is 1. The minimum atomic E-state index is -0.849. The van der Waals surface area contributed by atoms with Crippen LogP contribution in [0.1, 0.15) is 22.5 Å². The molecule has 3 aromatic rings. The van der Waals surface area contributed by atoms with E-state index in [1.165, 1.54) is 0 Å². The van der Waals surface area contributed by atoms with Crippen molar-refractivity contribution in [1.82, 2.24) is 9.38 Å². The molecule has 4 heteroatoms. The topological polar surface area (TPSA) is 54.6 Å². The number of carboxylic acid groups (broad SMARTS) is 1. The Morgan fingerprint density at radius 3 is 2.64 bits per heavy atom. The van der Waals surface area contributed by atoms with Gasteiger partial charge in [0.15, 0.2) is 0 Å². The van der Waals surface area contributed by atoms with Crippen LogP contribution < -0.4 is 0 Å². The summed E-state index contributed by atoms with van der Waals surface area (Å²) in [6, 6.07) is 14.0. The van der Waals surface area contributed by atoms with E-state index in [0.717, 1.165) is 28.2 Å². The second-order valence-electron chi connectivity index (χ2n) is 5.15. The molecule has 0 fully saturated rings. The molecule has 0 atom stereocenters. The Morgan fingerprint density at radius 2 is 1.91 bits per heavy atom. The minimum absolute atomic E-state index is 0.0216. The van der Waals surface area contributed by atoms with Gasteiger partial charge in [0.2, 0.25) is 0 Å². The molecule has 0 saturated carbocycles. The summed E-state index contributed by atoms with van der Waals surface area (Å²) >= 11 is 0. The molecule has 0 amide bonds. The molecule has 0 radical (unpaired) electrons. The second kappa shape index (κ2) is 5.85. The molecule has 2 heterocycles. The maximum absolute atomic E-state index is 10.9. The highest BCUT2D eigenvalue weighted by Gasteiger charge is 2.11. The first kappa shape index (κ1) is 14.1. The summed E-state index contributed by atoms with van der Waals surface area (Å²) in [7, 11) is 0. The smallest absolute Gasteiger partial charge is 0.309 e. The highest BCUT2D eigenvalue weighted by Crippen LogP contribution is 2.16. The Labute approximate surface area is 128 Å². The van der Waals surface area contributed by atoms with Crippen LogP contribution in [0.4, 0.5) is 0 Å². The maximum atomic E-state index is 10.9. The average molecular weight is 292 g/mol. The number of aryl methyl sites for hydroxylation is 1. The number of aliphatic carboxylic acids is 1. The summed E-state index contributed by atoms with van der Waals surface area (Å²) in [6.45, 7) is 1.84. The van der Waals surface area contributed by atoms with Crippen molar-refractivity contribution in [2.24, 2.45) is 0 Å². The van der Waals surface area contributed by atoms with Gasteiger partial charge < -0.3 is 9.51 Å². The van der Waals surface area contributed by atoms with Gasteiger partial charge in [-0.3, -0.25) is 4.79 Å². The number of carbonyl (C=O) groups is 1. The van der Waals surface area contributed by atoms with Crippen LogP contribution in [0.5, 0.6) is 0 Å². The van der Waals surface area contributed by atoms with Crippen molar-refractivity contribution in [3.05, 3.63) is 71.2 Å². The number of hydrogen-bond donors (Lipinski definition) is 1. The molecule has 1 N–H and O–H groups in total. The fourth-order valence-electron chi connectivity index (χ4n) is 2.45. The van der Waals surface area contributed by atoms with Crippen LogP contribution in [-0.2, 0) is 11.2 Å². The molecule has 2 aromatic heterocycles. The molecule has 0 aliphatic heterocycles. The van der Waals surface area contributed by atoms with Gasteiger partial charge in [-0.05, 0) is 30.2 Å². The van der Waals surface area contributed by atoms with Crippen LogP contribution >= 0.6 is 0 Å². The zero-order valence-electron chi connectivity index (χ0n) is 12.2. The van der Waals surface area contributed by atoms with Gasteiger partial charge in [-0.1, -0.05) is 42.5 Å². The molecular weight excluding hydrogens is 276 g/mol. The zero-order chi connectivity index (χ0) is 15.5. The van der Waals surface area contributed by atoms with E-state index in [-0.39, 0.29) is 6.42 Å². The SMILES string of the molecule is Cc1nc2cc(/C=C/c3ccccc3)ccn2c1CC(=O)O. The van der Waals surface area contributed by atoms with E-state index < -0.39 is 5.97 Å². The predicted molar refractivity (Wildman–Crippen MR) is 86.6 cm³/mol. The summed E-state index contributed by atoms with van der Waals surface area (Å²) in [5.41, 5.74) is 4.41. The number of fused-ring (bicyclic) bond motifs is 1. The van der Waals surface area contributed by atoms with Crippen LogP contribution in [0.3, 0.4) is 0 Å². The Balaban J connectivity index is 1.94. The van der Waals surface area contributed by atoms with Crippen molar-refractivity contribution in [2.45, 2.75) is 13.3 Å². The molecule has 3 rings (SSSR count). The molecule has 0 aliphatic carbocycles. The normalized spacial score (nSPS) is 11.3. The van der Waals surface area contributed by atoms with Crippen LogP contribution in [0.15, 0.2) is 48.7 Å². The number of pyridine rings is 1. The van der Waals surface area contributed by atoms with Gasteiger partial charge >= 0.3 is 5.97 Å². The van der Waals surface area contributed by atoms with E-state index in [1.54, 1.807) is 0 Å². The van der Waals surface area contributed by atoms with Crippen molar-refractivity contribution in [2.75, 3.05) is 0 Å². The molecular formula is C18H16N2O2. The quantitative estimate of drug-likeness (QED) is 0.801. The molecule has 0 unspecified atom stereocenters. The van der Waals surface area contributed by atoms with Gasteiger partial charge in [-0.15, -0.1) is 0 Å². The van der Waals surface area contributed by atoms with Crippen molar-refractivity contribution < 1.29 is 9.90 Å². The largest absolute Gasteiger partial charge is 0.481 e. The number of carboxylic acids is 1. The third kappa shape index (κ3) is 2.91. The summed E-state index contributed by atoms with van der Waals surface area (Å²) in [4.78, 5) is 15.4. The third-order valence-electron chi connectivity index (χ3n) is 3.54. The van der Waals surface area contributed by atoms with E-state index in [2.05, 4.69) is 4.98 Å². The molecule has 1 aromatic carbocycles. The molecule has 0 saturated heterocycles. The third-order valence-corrected chi connectivity index (χ3v) is 3.54. The highest BCUT2D eigenvalue weighted by molar-refractivity contribution is 5.72. The van der Waals surface area contributed by atoms with Crippen molar-refractivity contribution in [3.63, 3.8) is 0 Å². The standard InChI is InChI=1S/C18H16N2O2/c1-13-16(12-18(21)22)20-10-9-15(11-17(20)19-13)8-7-14-5-3-2-4-6-14/h2-11H,12H2,1H3,(H,21,22)/b8-7+. The number of benzene rings is 1. The first-order valence-electron chi connectivity index (χ1n) is 7.06. The predicted octanol–water partition coefficient (Wildman–Crippen LogP) is 3.44. The van der Waals surface area contributed by atoms with Gasteiger partial charge in [0.05, 0.1) is 17.8 Å². The fraction of sp³-hybridized carbons (Fsp3) is 0.111. The van der Waals surface area contributed by atoms with Gasteiger partial charge in [0.1, 0.15) is 5.65 Å². The Hall–Kier alpha value is -2.88. The summed E-state index contributed by atoms with van der Waals surface area (Å²) in [5, 5.41) is 8.98. The summed E-state index contributed by atoms with van der Waals surface area (Å²) < 4.78 is 1.84. The summed E-state index contributed by atoms with van der Waals surface area (Å²) in [6.07, 6.45) is 5.92. The number of nitrogens with zero attached hydrogens (tertiary/aromatic N) is 2. The first-order chi connectivity index (χ1) is 10.6. The first-order valence-corrected chi connectivity index (χ1v) is 7.06. The average Bonchev–Trinajstić information content (AvgIpc) is 2.81. The van der Waals surface area contributed by atoms with Gasteiger partial charge in [-0.2, -0.15) is 0 Å². The van der Waals surface area contributed by atoms with E-state index in [1.807, 2.05) is 72.1 Å². The second-order valence-corrected chi connectivity index (χ2v) is 5.15. The van der Waals surface area contributed by atoms with Gasteiger partial charge in [0.25, 0.3) is 0 Å². The van der Waals surface area contributed by atoms with E-state index in [4.69, 9.17) is 5.11 Å². The van der Waals surface area contributed by atoms with Crippen LogP contribution in [-0.4, -0.2) is 20.5 Å². The van der Waals surface area contributed by atoms with Crippen LogP contribution in [0, 0.1) is 6.92 Å². The molecule has 110 valence electrons. The van der Waals surface area contributed by atoms with E-state index in [0.29, 0.717) is 0 Å². The molecule has 0 spiro atoms. The lowest BCUT2D eigenvalue weighted by Gasteiger charge is -2.01. The number of aromatic nitrogens is 2. The minimum Gasteiger partial charge on any atom is -0.481 e. The van der Waals surface area contributed by atoms with E-state index >= 15 is 0 Å². The van der Waals surface area contributed by atoms with Crippen molar-refractivity contribution in [3.8, 4) is 0 Å². The molecule has 0 aliphatic rings. The molecule has 4 nitrogen and oxygen atoms in total. The number of rotatable bonds is 4. The zero-order valence-corrected chi connectivity index (χ0v) is 12.2. The lowest BCUT2D eigenvalue weighted by Crippen LogP contribution is -2.04.